The van der Waals surface area contributed by atoms with Crippen LogP contribution in [0.3, 0.4) is 0 Å². The number of nitrogens with one attached hydrogen (secondary N) is 1. The average Bonchev–Trinajstić information content (AvgIpc) is 3.07. The minimum atomic E-state index is -0.291. The minimum absolute atomic E-state index is 0.103. The molecule has 2 heterocycles. The van der Waals surface area contributed by atoms with E-state index in [4.69, 9.17) is 4.98 Å². The van der Waals surface area contributed by atoms with Gasteiger partial charge in [-0.1, -0.05) is 30.3 Å². The third kappa shape index (κ3) is 3.21. The van der Waals surface area contributed by atoms with Gasteiger partial charge in [-0.05, 0) is 62.7 Å². The van der Waals surface area contributed by atoms with E-state index in [1.54, 1.807) is 0 Å². The smallest absolute Gasteiger partial charge is 0.283 e. The highest BCUT2D eigenvalue weighted by Crippen LogP contribution is 2.32. The number of nitrogens with zero attached hydrogens (tertiary/aromatic N) is 2. The number of aryl methyl sites for hydroxylation is 1. The van der Waals surface area contributed by atoms with E-state index in [0.29, 0.717) is 21.9 Å². The van der Waals surface area contributed by atoms with Gasteiger partial charge in [-0.3, -0.25) is 14.2 Å². The Morgan fingerprint density at radius 1 is 1.10 bits per heavy atom. The molecular weight excluding hydrogens is 398 g/mol. The van der Waals surface area contributed by atoms with Crippen LogP contribution in [-0.4, -0.2) is 25.4 Å². The van der Waals surface area contributed by atoms with Gasteiger partial charge in [0.25, 0.3) is 5.56 Å². The topological polar surface area (TPSA) is 88.0 Å². The normalized spacial score (nSPS) is 12.4. The number of rotatable bonds is 4. The molecule has 0 aliphatic heterocycles. The van der Waals surface area contributed by atoms with E-state index in [0.717, 1.165) is 33.8 Å². The van der Waals surface area contributed by atoms with Crippen molar-refractivity contribution in [1.82, 2.24) is 14.5 Å². The van der Waals surface area contributed by atoms with Gasteiger partial charge < -0.3 is 10.1 Å². The van der Waals surface area contributed by atoms with Gasteiger partial charge >= 0.3 is 0 Å². The van der Waals surface area contributed by atoms with Gasteiger partial charge in [0.05, 0.1) is 10.6 Å². The van der Waals surface area contributed by atoms with Gasteiger partial charge in [0, 0.05) is 10.9 Å². The monoisotopic (exact) mass is 419 g/mol. The zero-order chi connectivity index (χ0) is 21.6. The van der Waals surface area contributed by atoms with Crippen LogP contribution in [-0.2, 0) is 4.79 Å². The number of fused-ring (bicyclic) bond motifs is 3. The lowest BCUT2D eigenvalue weighted by Crippen LogP contribution is -2.23. The van der Waals surface area contributed by atoms with Crippen molar-refractivity contribution in [3.63, 3.8) is 0 Å². The number of ketones is 1. The maximum atomic E-state index is 13.6. The Labute approximate surface area is 177 Å². The van der Waals surface area contributed by atoms with E-state index in [9.17, 15) is 14.7 Å². The van der Waals surface area contributed by atoms with Crippen molar-refractivity contribution in [2.45, 2.75) is 32.9 Å². The number of carbonyl (C=O) groups excluding carboxylic acids is 1. The molecule has 4 rings (SSSR count). The van der Waals surface area contributed by atoms with E-state index in [1.807, 2.05) is 56.3 Å². The van der Waals surface area contributed by atoms with Crippen LogP contribution in [0.4, 0.5) is 0 Å². The number of carbonyl (C=O) groups is 1. The predicted molar refractivity (Wildman–Crippen MR) is 121 cm³/mol. The molecule has 0 saturated heterocycles. The molecule has 0 amide bonds. The summed E-state index contributed by atoms with van der Waals surface area (Å²) in [5, 5.41) is 11.2. The van der Waals surface area contributed by atoms with Crippen LogP contribution in [0.1, 0.15) is 25.0 Å². The van der Waals surface area contributed by atoms with Crippen LogP contribution in [0.15, 0.2) is 63.1 Å². The van der Waals surface area contributed by atoms with E-state index in [-0.39, 0.29) is 22.0 Å². The van der Waals surface area contributed by atoms with Crippen LogP contribution in [0.5, 0.6) is 0 Å². The summed E-state index contributed by atoms with van der Waals surface area (Å²) in [6, 6.07) is 13.3. The SMILES string of the molecule is CC(=O)/C(Sc1nc2c([nH]c3ccccc32)c(=O)n1-c1cccc(C)c1C)=C(\C)O. The summed E-state index contributed by atoms with van der Waals surface area (Å²) >= 11 is 1.000. The van der Waals surface area contributed by atoms with Gasteiger partial charge in [-0.15, -0.1) is 0 Å². The molecular formula is C23H21N3O3S. The molecule has 0 bridgehead atoms. The average molecular weight is 420 g/mol. The molecule has 2 aromatic heterocycles. The second-order valence-corrected chi connectivity index (χ2v) is 8.20. The number of hydrogen-bond acceptors (Lipinski definition) is 5. The van der Waals surface area contributed by atoms with Crippen LogP contribution in [0.2, 0.25) is 0 Å². The van der Waals surface area contributed by atoms with Gasteiger partial charge in [-0.2, -0.15) is 0 Å². The Hall–Kier alpha value is -3.32. The first-order valence-electron chi connectivity index (χ1n) is 9.48. The number of H-pyrrole nitrogens is 1. The Morgan fingerprint density at radius 2 is 1.83 bits per heavy atom. The molecule has 7 heteroatoms. The van der Waals surface area contributed by atoms with Crippen LogP contribution >= 0.6 is 11.8 Å². The lowest BCUT2D eigenvalue weighted by molar-refractivity contribution is -0.113. The molecule has 0 fully saturated rings. The number of aliphatic hydroxyl groups excluding tert-OH is 1. The lowest BCUT2D eigenvalue weighted by Gasteiger charge is -2.16. The zero-order valence-electron chi connectivity index (χ0n) is 17.1. The second-order valence-electron chi connectivity index (χ2n) is 7.22. The Kier molecular flexibility index (Phi) is 4.99. The molecule has 0 aliphatic carbocycles. The lowest BCUT2D eigenvalue weighted by atomic mass is 10.1. The molecule has 0 radical (unpaired) electrons. The quantitative estimate of drug-likeness (QED) is 0.211. The standard InChI is InChI=1S/C23H21N3O3S/c1-12-8-7-11-18(13(12)2)26-22(29)20-19(16-9-5-6-10-17(16)24-20)25-23(26)30-21(14(3)27)15(4)28/h5-11,24,27H,1-4H3/b21-14-. The Bertz CT molecular complexity index is 1410. The van der Waals surface area contributed by atoms with Crippen LogP contribution < -0.4 is 5.56 Å². The molecule has 30 heavy (non-hydrogen) atoms. The van der Waals surface area contributed by atoms with E-state index < -0.39 is 0 Å². The fourth-order valence-corrected chi connectivity index (χ4v) is 4.38. The molecule has 0 aliphatic rings. The van der Waals surface area contributed by atoms with Crippen LogP contribution in [0.25, 0.3) is 27.6 Å². The van der Waals surface area contributed by atoms with Gasteiger partial charge in [0.2, 0.25) is 0 Å². The summed E-state index contributed by atoms with van der Waals surface area (Å²) in [4.78, 5) is 33.8. The highest BCUT2D eigenvalue weighted by Gasteiger charge is 2.21. The molecule has 0 unspecified atom stereocenters. The third-order valence-electron chi connectivity index (χ3n) is 5.15. The first-order valence-corrected chi connectivity index (χ1v) is 10.3. The minimum Gasteiger partial charge on any atom is -0.511 e. The number of thioether (sulfide) groups is 1. The van der Waals surface area contributed by atoms with Crippen molar-refractivity contribution >= 4 is 39.5 Å². The molecule has 0 saturated carbocycles. The number of aromatic nitrogens is 3. The summed E-state index contributed by atoms with van der Waals surface area (Å²) in [6.45, 7) is 6.76. The molecule has 0 atom stereocenters. The largest absolute Gasteiger partial charge is 0.511 e. The Morgan fingerprint density at radius 3 is 2.53 bits per heavy atom. The third-order valence-corrected chi connectivity index (χ3v) is 6.40. The van der Waals surface area contributed by atoms with Crippen molar-refractivity contribution in [2.24, 2.45) is 0 Å². The molecule has 6 nitrogen and oxygen atoms in total. The summed E-state index contributed by atoms with van der Waals surface area (Å²) in [5.74, 6) is -0.394. The molecule has 152 valence electrons. The summed E-state index contributed by atoms with van der Waals surface area (Å²) in [5.41, 5.74) is 4.15. The van der Waals surface area contributed by atoms with Crippen molar-refractivity contribution in [2.75, 3.05) is 0 Å². The highest BCUT2D eigenvalue weighted by atomic mass is 32.2. The van der Waals surface area contributed by atoms with Crippen molar-refractivity contribution in [3.8, 4) is 5.69 Å². The van der Waals surface area contributed by atoms with Crippen molar-refractivity contribution in [1.29, 1.82) is 0 Å². The zero-order valence-corrected chi connectivity index (χ0v) is 17.9. The number of aromatic amines is 1. The maximum absolute atomic E-state index is 13.6. The number of hydrogen-bond donors (Lipinski definition) is 2. The number of aliphatic hydroxyl groups is 1. The molecule has 2 N–H and O–H groups in total. The summed E-state index contributed by atoms with van der Waals surface area (Å²) in [7, 11) is 0. The first-order chi connectivity index (χ1) is 14.3. The predicted octanol–water partition coefficient (Wildman–Crippen LogP) is 4.95. The van der Waals surface area contributed by atoms with Gasteiger partial charge in [-0.25, -0.2) is 4.98 Å². The highest BCUT2D eigenvalue weighted by molar-refractivity contribution is 8.03. The Balaban J connectivity index is 2.12. The first kappa shape index (κ1) is 20.0. The van der Waals surface area contributed by atoms with Crippen molar-refractivity contribution < 1.29 is 9.90 Å². The van der Waals surface area contributed by atoms with E-state index >= 15 is 0 Å². The summed E-state index contributed by atoms with van der Waals surface area (Å²) < 4.78 is 1.51. The van der Waals surface area contributed by atoms with Crippen LogP contribution in [0, 0.1) is 13.8 Å². The number of Topliss-reactive ketones (excluding diaryl/α,β-unsaturated/α-hetero) is 1. The molecule has 4 aromatic rings. The maximum Gasteiger partial charge on any atom is 0.283 e. The number of allylic oxidation sites excluding steroid dienone is 2. The molecule has 0 spiro atoms. The van der Waals surface area contributed by atoms with Crippen molar-refractivity contribution in [3.05, 3.63) is 74.6 Å². The fourth-order valence-electron chi connectivity index (χ4n) is 3.49. The van der Waals surface area contributed by atoms with E-state index in [1.165, 1.54) is 18.4 Å². The van der Waals surface area contributed by atoms with E-state index in [2.05, 4.69) is 4.98 Å². The fraction of sp³-hybridized carbons (Fsp3) is 0.174. The number of benzene rings is 2. The second kappa shape index (κ2) is 7.50. The van der Waals surface area contributed by atoms with Gasteiger partial charge in [0.15, 0.2) is 10.9 Å². The molecule has 2 aromatic carbocycles. The summed E-state index contributed by atoms with van der Waals surface area (Å²) in [6.07, 6.45) is 0. The van der Waals surface area contributed by atoms with Gasteiger partial charge in [0.1, 0.15) is 16.8 Å². The number of para-hydroxylation sites is 1.